The first-order valence-electron chi connectivity index (χ1n) is 12.1. The van der Waals surface area contributed by atoms with Gasteiger partial charge in [-0.1, -0.05) is 35.9 Å². The summed E-state index contributed by atoms with van der Waals surface area (Å²) in [7, 11) is -1.97. The third-order valence-corrected chi connectivity index (χ3v) is 8.70. The van der Waals surface area contributed by atoms with Crippen LogP contribution >= 0.6 is 11.6 Å². The quantitative estimate of drug-likeness (QED) is 0.197. The van der Waals surface area contributed by atoms with E-state index in [9.17, 15) is 18.3 Å². The minimum Gasteiger partial charge on any atom is -0.495 e. The largest absolute Gasteiger partial charge is 0.495 e. The lowest BCUT2D eigenvalue weighted by Gasteiger charge is -2.17. The molecule has 0 atom stereocenters. The molecule has 3 aromatic carbocycles. The summed E-state index contributed by atoms with van der Waals surface area (Å²) in [6.45, 7) is 5.22. The average molecular weight is 566 g/mol. The van der Waals surface area contributed by atoms with E-state index in [0.29, 0.717) is 33.7 Å². The highest BCUT2D eigenvalue weighted by atomic mass is 35.5. The fraction of sp³-hybridized carbons (Fsp3) is 0.172. The number of hydrogen-bond donors (Lipinski definition) is 3. The van der Waals surface area contributed by atoms with Crippen molar-refractivity contribution in [2.75, 3.05) is 17.7 Å². The zero-order valence-corrected chi connectivity index (χ0v) is 23.4. The van der Waals surface area contributed by atoms with Gasteiger partial charge >= 0.3 is 5.97 Å². The Morgan fingerprint density at radius 3 is 2.31 bits per heavy atom. The molecule has 0 spiro atoms. The van der Waals surface area contributed by atoms with Crippen LogP contribution in [0.2, 0.25) is 5.02 Å². The van der Waals surface area contributed by atoms with Gasteiger partial charge in [0.05, 0.1) is 51.1 Å². The second kappa shape index (κ2) is 11.3. The molecule has 4 rings (SSSR count). The van der Waals surface area contributed by atoms with Crippen molar-refractivity contribution < 1.29 is 23.1 Å². The topological polar surface area (TPSA) is 118 Å². The molecule has 0 saturated carbocycles. The van der Waals surface area contributed by atoms with Gasteiger partial charge in [0.15, 0.2) is 9.84 Å². The van der Waals surface area contributed by atoms with Crippen LogP contribution in [0.1, 0.15) is 29.8 Å². The number of benzene rings is 3. The van der Waals surface area contributed by atoms with Gasteiger partial charge in [-0.2, -0.15) is 0 Å². The molecule has 0 unspecified atom stereocenters. The van der Waals surface area contributed by atoms with Crippen molar-refractivity contribution in [2.45, 2.75) is 30.9 Å². The summed E-state index contributed by atoms with van der Waals surface area (Å²) in [5, 5.41) is 15.3. The lowest BCUT2D eigenvalue weighted by molar-refractivity contribution is 0.0697. The Morgan fingerprint density at radius 2 is 1.67 bits per heavy atom. The van der Waals surface area contributed by atoms with Gasteiger partial charge in [0.1, 0.15) is 11.6 Å². The molecule has 0 bridgehead atoms. The molecule has 1 aromatic heterocycles. The number of rotatable bonds is 9. The molecule has 0 aliphatic carbocycles. The fourth-order valence-electron chi connectivity index (χ4n) is 4.02. The lowest BCUT2D eigenvalue weighted by Crippen LogP contribution is -2.15. The molecule has 4 aromatic rings. The zero-order valence-electron chi connectivity index (χ0n) is 21.8. The third-order valence-electron chi connectivity index (χ3n) is 6.19. The molecule has 39 heavy (non-hydrogen) atoms. The van der Waals surface area contributed by atoms with Crippen LogP contribution in [-0.2, 0) is 9.84 Å². The molecule has 8 nitrogen and oxygen atoms in total. The van der Waals surface area contributed by atoms with E-state index in [4.69, 9.17) is 16.3 Å². The zero-order chi connectivity index (χ0) is 28.3. The maximum Gasteiger partial charge on any atom is 0.335 e. The Morgan fingerprint density at radius 1 is 0.974 bits per heavy atom. The molecule has 0 amide bonds. The number of pyridine rings is 1. The van der Waals surface area contributed by atoms with Gasteiger partial charge in [-0.15, -0.1) is 0 Å². The first kappa shape index (κ1) is 27.9. The minimum absolute atomic E-state index is 0.187. The third kappa shape index (κ3) is 6.00. The van der Waals surface area contributed by atoms with Crippen LogP contribution in [0.25, 0.3) is 11.1 Å². The van der Waals surface area contributed by atoms with Crippen molar-refractivity contribution in [1.82, 2.24) is 4.98 Å². The Labute approximate surface area is 232 Å². The van der Waals surface area contributed by atoms with Crippen LogP contribution in [-0.4, -0.2) is 36.8 Å². The highest BCUT2D eigenvalue weighted by Crippen LogP contribution is 2.37. The van der Waals surface area contributed by atoms with E-state index in [0.717, 1.165) is 16.7 Å². The molecule has 1 heterocycles. The van der Waals surface area contributed by atoms with Crippen LogP contribution in [0.3, 0.4) is 0 Å². The summed E-state index contributed by atoms with van der Waals surface area (Å²) in [6, 6.07) is 18.8. The number of nitrogens with zero attached hydrogens (tertiary/aromatic N) is 1. The normalized spacial score (nSPS) is 11.3. The van der Waals surface area contributed by atoms with E-state index >= 15 is 0 Å². The number of carboxylic acid groups (broad SMARTS) is 1. The predicted molar refractivity (Wildman–Crippen MR) is 155 cm³/mol. The van der Waals surface area contributed by atoms with Crippen molar-refractivity contribution in [3.63, 3.8) is 0 Å². The second-order valence-corrected chi connectivity index (χ2v) is 12.0. The number of sulfone groups is 1. The van der Waals surface area contributed by atoms with E-state index in [2.05, 4.69) is 15.6 Å². The number of carbonyl (C=O) groups is 1. The van der Waals surface area contributed by atoms with Gasteiger partial charge in [0, 0.05) is 6.07 Å². The van der Waals surface area contributed by atoms with Crippen LogP contribution in [0.4, 0.5) is 22.9 Å². The smallest absolute Gasteiger partial charge is 0.335 e. The first-order valence-corrected chi connectivity index (χ1v) is 14.0. The minimum atomic E-state index is -3.53. The molecular formula is C29H28ClN3O5S. The van der Waals surface area contributed by atoms with Gasteiger partial charge in [0.2, 0.25) is 0 Å². The highest BCUT2D eigenvalue weighted by molar-refractivity contribution is 7.92. The molecule has 0 aliphatic rings. The molecule has 10 heteroatoms. The first-order chi connectivity index (χ1) is 18.5. The number of carboxylic acids is 1. The van der Waals surface area contributed by atoms with E-state index in [1.54, 1.807) is 75.6 Å². The summed E-state index contributed by atoms with van der Waals surface area (Å²) < 4.78 is 31.4. The summed E-state index contributed by atoms with van der Waals surface area (Å²) in [4.78, 5) is 15.8. The molecule has 0 aliphatic heterocycles. The van der Waals surface area contributed by atoms with Crippen molar-refractivity contribution in [3.8, 4) is 16.9 Å². The number of anilines is 4. The van der Waals surface area contributed by atoms with E-state index < -0.39 is 21.1 Å². The molecular weight excluding hydrogens is 538 g/mol. The number of methoxy groups -OCH3 is 1. The van der Waals surface area contributed by atoms with Crippen LogP contribution < -0.4 is 15.4 Å². The van der Waals surface area contributed by atoms with Crippen molar-refractivity contribution in [1.29, 1.82) is 0 Å². The van der Waals surface area contributed by atoms with Crippen LogP contribution in [0, 0.1) is 6.92 Å². The summed E-state index contributed by atoms with van der Waals surface area (Å²) in [5.74, 6) is 0.0321. The van der Waals surface area contributed by atoms with Crippen LogP contribution in [0.5, 0.6) is 5.75 Å². The Kier molecular flexibility index (Phi) is 8.13. The maximum absolute atomic E-state index is 12.9. The van der Waals surface area contributed by atoms with Crippen LogP contribution in [0.15, 0.2) is 77.8 Å². The van der Waals surface area contributed by atoms with Gasteiger partial charge in [-0.05, 0) is 73.9 Å². The maximum atomic E-state index is 12.9. The van der Waals surface area contributed by atoms with Gasteiger partial charge in [-0.25, -0.2) is 18.2 Å². The number of aromatic carboxylic acids is 1. The molecule has 0 radical (unpaired) electrons. The van der Waals surface area contributed by atoms with Crippen molar-refractivity contribution in [3.05, 3.63) is 89.1 Å². The number of aromatic nitrogens is 1. The van der Waals surface area contributed by atoms with Gasteiger partial charge < -0.3 is 20.5 Å². The summed E-state index contributed by atoms with van der Waals surface area (Å²) >= 11 is 6.42. The number of para-hydroxylation sites is 1. The number of aryl methyl sites for hydroxylation is 1. The number of hydrogen-bond acceptors (Lipinski definition) is 7. The number of ether oxygens (including phenoxy) is 1. The van der Waals surface area contributed by atoms with E-state index in [1.165, 1.54) is 6.20 Å². The standard InChI is InChI=1S/C29H28ClN3O5S/c1-17(2)39(36,37)27-8-6-5-7-23(27)32-24-15-28(31-16-22(24)30)33-25-13-18(3)21(14-26(25)38-4)19-9-11-20(12-10-19)29(34)35/h5-17H,1-4H3,(H,34,35)(H2,31,32,33). The van der Waals surface area contributed by atoms with Crippen molar-refractivity contribution in [2.24, 2.45) is 0 Å². The van der Waals surface area contributed by atoms with Gasteiger partial charge in [0.25, 0.3) is 0 Å². The molecule has 0 fully saturated rings. The number of halogens is 1. The molecule has 3 N–H and O–H groups in total. The number of nitrogens with one attached hydrogen (secondary N) is 2. The Balaban J connectivity index is 1.65. The predicted octanol–water partition coefficient (Wildman–Crippen LogP) is 7.09. The molecule has 202 valence electrons. The summed E-state index contributed by atoms with van der Waals surface area (Å²) in [5.41, 5.74) is 4.44. The molecule has 0 saturated heterocycles. The Hall–Kier alpha value is -4.08. The SMILES string of the molecule is COc1cc(-c2ccc(C(=O)O)cc2)c(C)cc1Nc1cc(Nc2ccccc2S(=O)(=O)C(C)C)c(Cl)cn1. The average Bonchev–Trinajstić information content (AvgIpc) is 2.91. The fourth-order valence-corrected chi connectivity index (χ4v) is 5.37. The van der Waals surface area contributed by atoms with Crippen molar-refractivity contribution >= 4 is 50.3 Å². The monoisotopic (exact) mass is 565 g/mol. The second-order valence-electron chi connectivity index (χ2n) is 9.14. The van der Waals surface area contributed by atoms with E-state index in [1.807, 2.05) is 19.1 Å². The highest BCUT2D eigenvalue weighted by Gasteiger charge is 2.23. The van der Waals surface area contributed by atoms with E-state index in [-0.39, 0.29) is 10.5 Å². The Bertz CT molecular complexity index is 1640. The van der Waals surface area contributed by atoms with Gasteiger partial charge in [-0.3, -0.25) is 0 Å². The summed E-state index contributed by atoms with van der Waals surface area (Å²) in [6.07, 6.45) is 1.48. The lowest BCUT2D eigenvalue weighted by atomic mass is 9.98.